The summed E-state index contributed by atoms with van der Waals surface area (Å²) in [6.45, 7) is 0. The predicted octanol–water partition coefficient (Wildman–Crippen LogP) is 2.34. The molecule has 0 radical (unpaired) electrons. The van der Waals surface area contributed by atoms with Gasteiger partial charge in [-0.15, -0.1) is 0 Å². The Morgan fingerprint density at radius 1 is 1.04 bits per heavy atom. The fourth-order valence-corrected chi connectivity index (χ4v) is 2.47. The summed E-state index contributed by atoms with van der Waals surface area (Å²) in [6, 6.07) is 13.9. The number of hydrogen-bond acceptors (Lipinski definition) is 5. The van der Waals surface area contributed by atoms with Gasteiger partial charge in [-0.2, -0.15) is 0 Å². The highest BCUT2D eigenvalue weighted by molar-refractivity contribution is 6.23. The summed E-state index contributed by atoms with van der Waals surface area (Å²) in [5.41, 5.74) is 0.999. The molecule has 1 atom stereocenters. The number of rotatable bonds is 4. The Labute approximate surface area is 131 Å². The topological polar surface area (TPSA) is 92.6 Å². The number of nitrogens with zero attached hydrogens (tertiary/aromatic N) is 2. The molecule has 2 aromatic carbocycles. The zero-order valence-electron chi connectivity index (χ0n) is 12.0. The summed E-state index contributed by atoms with van der Waals surface area (Å²) in [6.07, 6.45) is 0.0463. The molecule has 116 valence electrons. The van der Waals surface area contributed by atoms with Crippen molar-refractivity contribution in [3.63, 3.8) is 0 Å². The minimum absolute atomic E-state index is 0.0463. The highest BCUT2D eigenvalue weighted by Crippen LogP contribution is 2.26. The molecule has 0 bridgehead atoms. The van der Waals surface area contributed by atoms with Crippen LogP contribution in [0.3, 0.4) is 0 Å². The second kappa shape index (κ2) is 5.88. The summed E-state index contributed by atoms with van der Waals surface area (Å²) in [5, 5.41) is 13.7. The summed E-state index contributed by atoms with van der Waals surface area (Å²) < 4.78 is 0. The smallest absolute Gasteiger partial charge is 0.269 e. The number of carbonyl (C=O) groups is 2. The van der Waals surface area contributed by atoms with E-state index < -0.39 is 11.0 Å². The first-order valence-corrected chi connectivity index (χ1v) is 6.99. The minimum atomic E-state index is -0.639. The monoisotopic (exact) mass is 311 g/mol. The molecule has 0 unspecified atom stereocenters. The van der Waals surface area contributed by atoms with E-state index in [-0.39, 0.29) is 23.9 Å². The Balaban J connectivity index is 1.79. The van der Waals surface area contributed by atoms with Crippen molar-refractivity contribution in [1.29, 1.82) is 0 Å². The first-order valence-electron chi connectivity index (χ1n) is 6.99. The fraction of sp³-hybridized carbons (Fsp3) is 0.125. The van der Waals surface area contributed by atoms with Gasteiger partial charge in [-0.25, -0.2) is 4.90 Å². The van der Waals surface area contributed by atoms with Crippen molar-refractivity contribution < 1.29 is 14.5 Å². The molecule has 0 aromatic heterocycles. The normalized spacial score (nSPS) is 17.4. The van der Waals surface area contributed by atoms with Crippen molar-refractivity contribution in [3.05, 3.63) is 64.7 Å². The third-order valence-electron chi connectivity index (χ3n) is 3.58. The molecule has 1 heterocycles. The molecule has 3 rings (SSSR count). The van der Waals surface area contributed by atoms with Gasteiger partial charge in [0.15, 0.2) is 0 Å². The zero-order valence-corrected chi connectivity index (χ0v) is 12.0. The first-order chi connectivity index (χ1) is 11.1. The highest BCUT2D eigenvalue weighted by atomic mass is 16.6. The molecule has 7 heteroatoms. The van der Waals surface area contributed by atoms with Crippen molar-refractivity contribution in [2.24, 2.45) is 0 Å². The lowest BCUT2D eigenvalue weighted by Crippen LogP contribution is -2.34. The summed E-state index contributed by atoms with van der Waals surface area (Å²) in [7, 11) is 0. The van der Waals surface area contributed by atoms with Gasteiger partial charge in [0.05, 0.1) is 17.0 Å². The van der Waals surface area contributed by atoms with Gasteiger partial charge in [0.2, 0.25) is 5.91 Å². The Morgan fingerprint density at radius 2 is 1.70 bits per heavy atom. The molecule has 23 heavy (non-hydrogen) atoms. The molecule has 2 aromatic rings. The fourth-order valence-electron chi connectivity index (χ4n) is 2.47. The number of non-ortho nitro benzene ring substituents is 1. The Hall–Kier alpha value is -3.22. The molecule has 1 fully saturated rings. The minimum Gasteiger partial charge on any atom is -0.373 e. The van der Waals surface area contributed by atoms with Crippen molar-refractivity contribution in [1.82, 2.24) is 0 Å². The number of benzene rings is 2. The van der Waals surface area contributed by atoms with Gasteiger partial charge in [-0.05, 0) is 24.3 Å². The van der Waals surface area contributed by atoms with E-state index >= 15 is 0 Å². The number of para-hydroxylation sites is 1. The molecular formula is C16H13N3O4. The van der Waals surface area contributed by atoms with Crippen LogP contribution in [0.25, 0.3) is 0 Å². The molecule has 0 saturated carbocycles. The van der Waals surface area contributed by atoms with Crippen LogP contribution < -0.4 is 10.2 Å². The van der Waals surface area contributed by atoms with Crippen molar-refractivity contribution in [3.8, 4) is 0 Å². The number of anilines is 2. The zero-order chi connectivity index (χ0) is 16.4. The predicted molar refractivity (Wildman–Crippen MR) is 84.1 cm³/mol. The number of hydrogen-bond donors (Lipinski definition) is 1. The van der Waals surface area contributed by atoms with Crippen molar-refractivity contribution >= 4 is 28.9 Å². The number of imide groups is 1. The maximum absolute atomic E-state index is 12.4. The number of nitro benzene ring substituents is 1. The molecule has 1 aliphatic rings. The van der Waals surface area contributed by atoms with Crippen LogP contribution in [-0.2, 0) is 9.59 Å². The molecule has 0 spiro atoms. The lowest BCUT2D eigenvalue weighted by molar-refractivity contribution is -0.384. The van der Waals surface area contributed by atoms with Crippen LogP contribution in [0.4, 0.5) is 17.1 Å². The second-order valence-corrected chi connectivity index (χ2v) is 5.11. The van der Waals surface area contributed by atoms with Gasteiger partial charge in [0.25, 0.3) is 11.6 Å². The average Bonchev–Trinajstić information content (AvgIpc) is 2.82. The van der Waals surface area contributed by atoms with E-state index in [9.17, 15) is 19.7 Å². The molecule has 1 N–H and O–H groups in total. The van der Waals surface area contributed by atoms with Crippen molar-refractivity contribution in [2.45, 2.75) is 12.5 Å². The van der Waals surface area contributed by atoms with E-state index in [1.54, 1.807) is 0 Å². The van der Waals surface area contributed by atoms with Crippen LogP contribution in [0.5, 0.6) is 0 Å². The van der Waals surface area contributed by atoms with E-state index in [1.165, 1.54) is 24.3 Å². The van der Waals surface area contributed by atoms with Gasteiger partial charge >= 0.3 is 0 Å². The van der Waals surface area contributed by atoms with E-state index in [1.807, 2.05) is 30.3 Å². The SMILES string of the molecule is O=C1C[C@@H](Nc2ccccc2)C(=O)N1c1ccc([N+](=O)[O-])cc1. The largest absolute Gasteiger partial charge is 0.373 e. The number of nitro groups is 1. The molecule has 1 saturated heterocycles. The van der Waals surface area contributed by atoms with Gasteiger partial charge < -0.3 is 5.32 Å². The van der Waals surface area contributed by atoms with Crippen LogP contribution >= 0.6 is 0 Å². The lowest BCUT2D eigenvalue weighted by Gasteiger charge is -2.16. The van der Waals surface area contributed by atoms with Crippen LogP contribution in [-0.4, -0.2) is 22.8 Å². The summed E-state index contributed by atoms with van der Waals surface area (Å²) in [5.74, 6) is -0.704. The Kier molecular flexibility index (Phi) is 3.76. The van der Waals surface area contributed by atoms with E-state index in [0.717, 1.165) is 10.6 Å². The van der Waals surface area contributed by atoms with Crippen LogP contribution in [0.15, 0.2) is 54.6 Å². The van der Waals surface area contributed by atoms with Crippen LogP contribution in [0, 0.1) is 10.1 Å². The first kappa shape index (κ1) is 14.7. The van der Waals surface area contributed by atoms with Crippen LogP contribution in [0.1, 0.15) is 6.42 Å². The lowest BCUT2D eigenvalue weighted by atomic mass is 10.2. The number of carbonyl (C=O) groups excluding carboxylic acids is 2. The van der Waals surface area contributed by atoms with E-state index in [2.05, 4.69) is 5.32 Å². The third-order valence-corrected chi connectivity index (χ3v) is 3.58. The maximum Gasteiger partial charge on any atom is 0.269 e. The van der Waals surface area contributed by atoms with Gasteiger partial charge in [-0.3, -0.25) is 19.7 Å². The maximum atomic E-state index is 12.4. The van der Waals surface area contributed by atoms with Gasteiger partial charge in [-0.1, -0.05) is 18.2 Å². The molecule has 2 amide bonds. The highest BCUT2D eigenvalue weighted by Gasteiger charge is 2.39. The van der Waals surface area contributed by atoms with E-state index in [4.69, 9.17) is 0 Å². The second-order valence-electron chi connectivity index (χ2n) is 5.11. The quantitative estimate of drug-likeness (QED) is 0.531. The Morgan fingerprint density at radius 3 is 2.30 bits per heavy atom. The van der Waals surface area contributed by atoms with Crippen LogP contribution in [0.2, 0.25) is 0 Å². The molecule has 7 nitrogen and oxygen atoms in total. The summed E-state index contributed by atoms with van der Waals surface area (Å²) in [4.78, 5) is 35.8. The Bertz CT molecular complexity index is 759. The van der Waals surface area contributed by atoms with Gasteiger partial charge in [0, 0.05) is 17.8 Å². The van der Waals surface area contributed by atoms with Gasteiger partial charge in [0.1, 0.15) is 6.04 Å². The standard InChI is InChI=1S/C16H13N3O4/c20-15-10-14(17-11-4-2-1-3-5-11)16(21)18(15)12-6-8-13(9-7-12)19(22)23/h1-9,14,17H,10H2/t14-/m1/s1. The third kappa shape index (κ3) is 2.89. The molecular weight excluding hydrogens is 298 g/mol. The molecule has 1 aliphatic heterocycles. The summed E-state index contributed by atoms with van der Waals surface area (Å²) >= 11 is 0. The molecule has 0 aliphatic carbocycles. The number of nitrogens with one attached hydrogen (secondary N) is 1. The van der Waals surface area contributed by atoms with E-state index in [0.29, 0.717) is 5.69 Å². The van der Waals surface area contributed by atoms with Crippen molar-refractivity contribution in [2.75, 3.05) is 10.2 Å². The average molecular weight is 311 g/mol. The number of amides is 2.